The summed E-state index contributed by atoms with van der Waals surface area (Å²) in [6.45, 7) is 2.05. The molecule has 0 aliphatic heterocycles. The highest BCUT2D eigenvalue weighted by Crippen LogP contribution is 2.27. The van der Waals surface area contributed by atoms with Crippen molar-refractivity contribution in [3.63, 3.8) is 0 Å². The van der Waals surface area contributed by atoms with Crippen LogP contribution in [0.5, 0.6) is 0 Å². The van der Waals surface area contributed by atoms with Crippen molar-refractivity contribution in [1.82, 2.24) is 4.98 Å². The molecule has 1 heterocycles. The predicted octanol–water partition coefficient (Wildman–Crippen LogP) is 1.43. The Hall–Kier alpha value is -1.34. The minimum Gasteiger partial charge on any atom is -0.396 e. The zero-order chi connectivity index (χ0) is 12.1. The molecule has 1 unspecified atom stereocenters. The van der Waals surface area contributed by atoms with Crippen LogP contribution >= 0.6 is 11.8 Å². The summed E-state index contributed by atoms with van der Waals surface area (Å²) in [5.41, 5.74) is 5.28. The van der Waals surface area contributed by atoms with Gasteiger partial charge < -0.3 is 10.8 Å². The standard InChI is InChI=1S/C9H13N3O3S/c1-6(4-5-13)16-8-3-2-7(12(14)15)9(10)11-8/h2-3,6,13H,4-5H2,1H3,(H2,10,11). The first-order valence-electron chi connectivity index (χ1n) is 4.73. The first-order chi connectivity index (χ1) is 7.54. The Morgan fingerprint density at radius 1 is 1.69 bits per heavy atom. The van der Waals surface area contributed by atoms with E-state index >= 15 is 0 Å². The Morgan fingerprint density at radius 3 is 2.88 bits per heavy atom. The molecule has 16 heavy (non-hydrogen) atoms. The van der Waals surface area contributed by atoms with Gasteiger partial charge in [0, 0.05) is 17.9 Å². The molecule has 0 aliphatic carbocycles. The van der Waals surface area contributed by atoms with Gasteiger partial charge in [0.05, 0.1) is 9.95 Å². The van der Waals surface area contributed by atoms with Crippen LogP contribution in [0.25, 0.3) is 0 Å². The van der Waals surface area contributed by atoms with Gasteiger partial charge >= 0.3 is 5.69 Å². The van der Waals surface area contributed by atoms with Gasteiger partial charge in [0.2, 0.25) is 5.82 Å². The lowest BCUT2D eigenvalue weighted by Gasteiger charge is -2.08. The van der Waals surface area contributed by atoms with Crippen LogP contribution in [0.3, 0.4) is 0 Å². The van der Waals surface area contributed by atoms with Gasteiger partial charge in [-0.2, -0.15) is 0 Å². The van der Waals surface area contributed by atoms with Crippen LogP contribution < -0.4 is 5.73 Å². The molecule has 1 atom stereocenters. The summed E-state index contributed by atoms with van der Waals surface area (Å²) in [6.07, 6.45) is 0.642. The normalized spacial score (nSPS) is 12.4. The zero-order valence-corrected chi connectivity index (χ0v) is 9.61. The number of aliphatic hydroxyl groups is 1. The Labute approximate surface area is 97.0 Å². The molecule has 0 bridgehead atoms. The Bertz CT molecular complexity index is 386. The molecule has 1 rings (SSSR count). The number of rotatable bonds is 5. The second-order valence-electron chi connectivity index (χ2n) is 3.25. The summed E-state index contributed by atoms with van der Waals surface area (Å²) in [4.78, 5) is 13.9. The maximum Gasteiger partial charge on any atom is 0.311 e. The average Bonchev–Trinajstić information content (AvgIpc) is 2.17. The summed E-state index contributed by atoms with van der Waals surface area (Å²) in [5, 5.41) is 20.1. The van der Waals surface area contributed by atoms with E-state index in [1.54, 1.807) is 6.07 Å². The lowest BCUT2D eigenvalue weighted by Crippen LogP contribution is -2.02. The number of pyridine rings is 1. The molecule has 0 aromatic carbocycles. The Balaban J connectivity index is 2.77. The predicted molar refractivity (Wildman–Crippen MR) is 62.3 cm³/mol. The van der Waals surface area contributed by atoms with Crippen molar-refractivity contribution in [2.45, 2.75) is 23.6 Å². The van der Waals surface area contributed by atoms with E-state index in [0.29, 0.717) is 11.4 Å². The second kappa shape index (κ2) is 5.66. The lowest BCUT2D eigenvalue weighted by molar-refractivity contribution is -0.384. The van der Waals surface area contributed by atoms with E-state index in [9.17, 15) is 10.1 Å². The van der Waals surface area contributed by atoms with Crippen molar-refractivity contribution in [1.29, 1.82) is 0 Å². The molecule has 3 N–H and O–H groups in total. The molecule has 0 saturated carbocycles. The number of nitrogens with two attached hydrogens (primary N) is 1. The topological polar surface area (TPSA) is 102 Å². The van der Waals surface area contributed by atoms with Crippen LogP contribution in [0.15, 0.2) is 17.2 Å². The van der Waals surface area contributed by atoms with E-state index in [1.165, 1.54) is 17.8 Å². The van der Waals surface area contributed by atoms with E-state index in [1.807, 2.05) is 6.92 Å². The van der Waals surface area contributed by atoms with Crippen molar-refractivity contribution < 1.29 is 10.0 Å². The first-order valence-corrected chi connectivity index (χ1v) is 5.61. The molecular weight excluding hydrogens is 230 g/mol. The van der Waals surface area contributed by atoms with Crippen molar-refractivity contribution >= 4 is 23.3 Å². The number of thioether (sulfide) groups is 1. The monoisotopic (exact) mass is 243 g/mol. The van der Waals surface area contributed by atoms with Gasteiger partial charge in [0.25, 0.3) is 0 Å². The van der Waals surface area contributed by atoms with Crippen molar-refractivity contribution in [3.05, 3.63) is 22.2 Å². The molecule has 0 spiro atoms. The van der Waals surface area contributed by atoms with Crippen LogP contribution in [0, 0.1) is 10.1 Å². The summed E-state index contributed by atoms with van der Waals surface area (Å²) in [5.74, 6) is -0.0776. The Morgan fingerprint density at radius 2 is 2.38 bits per heavy atom. The molecule has 0 amide bonds. The van der Waals surface area contributed by atoms with Gasteiger partial charge in [0.15, 0.2) is 0 Å². The first kappa shape index (κ1) is 12.7. The van der Waals surface area contributed by atoms with Gasteiger partial charge in [-0.3, -0.25) is 10.1 Å². The van der Waals surface area contributed by atoms with Crippen LogP contribution in [-0.2, 0) is 0 Å². The van der Waals surface area contributed by atoms with Crippen molar-refractivity contribution in [2.75, 3.05) is 12.3 Å². The number of anilines is 1. The molecule has 1 aromatic heterocycles. The molecule has 0 radical (unpaired) electrons. The zero-order valence-electron chi connectivity index (χ0n) is 8.79. The van der Waals surface area contributed by atoms with Gasteiger partial charge in [-0.05, 0) is 12.5 Å². The van der Waals surface area contributed by atoms with E-state index < -0.39 is 4.92 Å². The fourth-order valence-corrected chi connectivity index (χ4v) is 2.05. The molecule has 88 valence electrons. The summed E-state index contributed by atoms with van der Waals surface area (Å²) in [6, 6.07) is 2.91. The summed E-state index contributed by atoms with van der Waals surface area (Å²) < 4.78 is 0. The third-order valence-electron chi connectivity index (χ3n) is 1.93. The quantitative estimate of drug-likeness (QED) is 0.461. The number of hydrogen-bond donors (Lipinski definition) is 2. The lowest BCUT2D eigenvalue weighted by atomic mass is 10.3. The molecule has 0 fully saturated rings. The maximum absolute atomic E-state index is 10.5. The SMILES string of the molecule is CC(CCO)Sc1ccc([N+](=O)[O-])c(N)n1. The average molecular weight is 243 g/mol. The summed E-state index contributed by atoms with van der Waals surface area (Å²) >= 11 is 1.43. The van der Waals surface area contributed by atoms with Crippen LogP contribution in [-0.4, -0.2) is 26.9 Å². The van der Waals surface area contributed by atoms with E-state index in [4.69, 9.17) is 10.8 Å². The summed E-state index contributed by atoms with van der Waals surface area (Å²) in [7, 11) is 0. The fourth-order valence-electron chi connectivity index (χ4n) is 1.12. The van der Waals surface area contributed by atoms with E-state index in [-0.39, 0.29) is 23.4 Å². The Kier molecular flexibility index (Phi) is 4.51. The number of nitrogens with zero attached hydrogens (tertiary/aromatic N) is 2. The highest BCUT2D eigenvalue weighted by atomic mass is 32.2. The number of aromatic nitrogens is 1. The highest BCUT2D eigenvalue weighted by Gasteiger charge is 2.14. The number of aliphatic hydroxyl groups excluding tert-OH is 1. The number of hydrogen-bond acceptors (Lipinski definition) is 6. The highest BCUT2D eigenvalue weighted by molar-refractivity contribution is 7.99. The smallest absolute Gasteiger partial charge is 0.311 e. The van der Waals surface area contributed by atoms with Crippen LogP contribution in [0.1, 0.15) is 13.3 Å². The van der Waals surface area contributed by atoms with Crippen LogP contribution in [0.4, 0.5) is 11.5 Å². The van der Waals surface area contributed by atoms with Crippen LogP contribution in [0.2, 0.25) is 0 Å². The third kappa shape index (κ3) is 3.35. The van der Waals surface area contributed by atoms with Gasteiger partial charge in [-0.25, -0.2) is 4.98 Å². The number of nitrogen functional groups attached to an aromatic ring is 1. The van der Waals surface area contributed by atoms with Gasteiger partial charge in [-0.1, -0.05) is 6.92 Å². The minimum absolute atomic E-state index is 0.0776. The van der Waals surface area contributed by atoms with Crippen molar-refractivity contribution in [2.24, 2.45) is 0 Å². The third-order valence-corrected chi connectivity index (χ3v) is 3.04. The van der Waals surface area contributed by atoms with Gasteiger partial charge in [0.1, 0.15) is 0 Å². The second-order valence-corrected chi connectivity index (χ2v) is 4.71. The molecule has 6 nitrogen and oxygen atoms in total. The maximum atomic E-state index is 10.5. The molecule has 0 aliphatic rings. The number of nitro groups is 1. The molecule has 0 saturated heterocycles. The molecule has 1 aromatic rings. The van der Waals surface area contributed by atoms with Gasteiger partial charge in [-0.15, -0.1) is 11.8 Å². The van der Waals surface area contributed by atoms with E-state index in [2.05, 4.69) is 4.98 Å². The van der Waals surface area contributed by atoms with Crippen molar-refractivity contribution in [3.8, 4) is 0 Å². The largest absolute Gasteiger partial charge is 0.396 e. The fraction of sp³-hybridized carbons (Fsp3) is 0.444. The minimum atomic E-state index is -0.562. The van der Waals surface area contributed by atoms with E-state index in [0.717, 1.165) is 0 Å². The molecular formula is C9H13N3O3S. The molecule has 7 heteroatoms.